The maximum absolute atomic E-state index is 11.6. The molecule has 0 aliphatic heterocycles. The van der Waals surface area contributed by atoms with Gasteiger partial charge in [0.2, 0.25) is 5.28 Å². The number of thiophene rings is 1. The zero-order valence-corrected chi connectivity index (χ0v) is 13.4. The number of likely N-dealkylation sites (N-methyl/N-ethyl adjacent to an activating group) is 1. The van der Waals surface area contributed by atoms with Gasteiger partial charge in [-0.2, -0.15) is 4.98 Å². The van der Waals surface area contributed by atoms with Gasteiger partial charge in [0, 0.05) is 11.9 Å². The highest BCUT2D eigenvalue weighted by Crippen LogP contribution is 2.35. The van der Waals surface area contributed by atoms with Crippen LogP contribution in [0.25, 0.3) is 10.2 Å². The van der Waals surface area contributed by atoms with Crippen molar-refractivity contribution in [3.8, 4) is 0 Å². The zero-order chi connectivity index (χ0) is 14.9. The van der Waals surface area contributed by atoms with Crippen LogP contribution in [0, 0.1) is 13.8 Å². The summed E-state index contributed by atoms with van der Waals surface area (Å²) in [6, 6.07) is 0. The first-order valence-electron chi connectivity index (χ1n) is 6.24. The van der Waals surface area contributed by atoms with Crippen molar-refractivity contribution >= 4 is 44.9 Å². The van der Waals surface area contributed by atoms with Gasteiger partial charge in [-0.15, -0.1) is 11.3 Å². The van der Waals surface area contributed by atoms with E-state index in [0.717, 1.165) is 15.8 Å². The number of aromatic nitrogens is 2. The number of hydrogen-bond donors (Lipinski definition) is 0. The van der Waals surface area contributed by atoms with Crippen LogP contribution < -0.4 is 4.90 Å². The number of nitrogens with zero attached hydrogens (tertiary/aromatic N) is 3. The summed E-state index contributed by atoms with van der Waals surface area (Å²) in [7, 11) is 1.79. The average molecular weight is 314 g/mol. The Bertz CT molecular complexity index is 657. The molecule has 20 heavy (non-hydrogen) atoms. The van der Waals surface area contributed by atoms with Crippen LogP contribution in [0.1, 0.15) is 17.4 Å². The Hall–Kier alpha value is -1.40. The minimum atomic E-state index is -0.289. The SMILES string of the molecule is CCOC(=O)CN(C)c1nc(Cl)nc2sc(C)c(C)c12. The number of fused-ring (bicyclic) bond motifs is 1. The average Bonchev–Trinajstić information content (AvgIpc) is 2.64. The van der Waals surface area contributed by atoms with Gasteiger partial charge in [-0.1, -0.05) is 0 Å². The van der Waals surface area contributed by atoms with E-state index in [2.05, 4.69) is 9.97 Å². The molecule has 0 amide bonds. The number of carbonyl (C=O) groups excluding carboxylic acids is 1. The molecule has 0 atom stereocenters. The lowest BCUT2D eigenvalue weighted by Gasteiger charge is -2.18. The Morgan fingerprint density at radius 2 is 2.10 bits per heavy atom. The van der Waals surface area contributed by atoms with Crippen LogP contribution in [0.4, 0.5) is 5.82 Å². The van der Waals surface area contributed by atoms with E-state index in [-0.39, 0.29) is 17.8 Å². The number of anilines is 1. The van der Waals surface area contributed by atoms with Gasteiger partial charge < -0.3 is 9.64 Å². The van der Waals surface area contributed by atoms with Gasteiger partial charge in [0.15, 0.2) is 0 Å². The van der Waals surface area contributed by atoms with Crippen LogP contribution in [-0.4, -0.2) is 36.1 Å². The van der Waals surface area contributed by atoms with Crippen LogP contribution in [0.5, 0.6) is 0 Å². The van der Waals surface area contributed by atoms with E-state index in [1.807, 2.05) is 13.8 Å². The molecule has 5 nitrogen and oxygen atoms in total. The molecule has 7 heteroatoms. The van der Waals surface area contributed by atoms with Crippen molar-refractivity contribution in [3.63, 3.8) is 0 Å². The Labute approximate surface area is 126 Å². The van der Waals surface area contributed by atoms with Gasteiger partial charge in [-0.25, -0.2) is 4.98 Å². The maximum Gasteiger partial charge on any atom is 0.325 e. The molecule has 0 saturated carbocycles. The third-order valence-corrected chi connectivity index (χ3v) is 4.29. The second-order valence-corrected chi connectivity index (χ2v) is 5.98. The smallest absolute Gasteiger partial charge is 0.325 e. The van der Waals surface area contributed by atoms with Crippen LogP contribution in [0.2, 0.25) is 5.28 Å². The van der Waals surface area contributed by atoms with Crippen molar-refractivity contribution in [1.29, 1.82) is 0 Å². The fourth-order valence-electron chi connectivity index (χ4n) is 1.95. The topological polar surface area (TPSA) is 55.3 Å². The molecule has 0 aromatic carbocycles. The van der Waals surface area contributed by atoms with E-state index in [4.69, 9.17) is 16.3 Å². The van der Waals surface area contributed by atoms with Crippen LogP contribution in [0.3, 0.4) is 0 Å². The van der Waals surface area contributed by atoms with E-state index in [9.17, 15) is 4.79 Å². The number of ether oxygens (including phenoxy) is 1. The molecule has 0 N–H and O–H groups in total. The minimum absolute atomic E-state index is 0.130. The van der Waals surface area contributed by atoms with E-state index < -0.39 is 0 Å². The van der Waals surface area contributed by atoms with Gasteiger partial charge in [0.05, 0.1) is 12.0 Å². The van der Waals surface area contributed by atoms with E-state index in [1.54, 1.807) is 30.2 Å². The number of hydrogen-bond acceptors (Lipinski definition) is 6. The number of esters is 1. The lowest BCUT2D eigenvalue weighted by Crippen LogP contribution is -2.28. The van der Waals surface area contributed by atoms with E-state index in [0.29, 0.717) is 12.4 Å². The number of aryl methyl sites for hydroxylation is 2. The third kappa shape index (κ3) is 2.86. The van der Waals surface area contributed by atoms with E-state index in [1.165, 1.54) is 4.88 Å². The molecule has 2 heterocycles. The first kappa shape index (κ1) is 15.0. The summed E-state index contributed by atoms with van der Waals surface area (Å²) in [5.41, 5.74) is 1.12. The highest BCUT2D eigenvalue weighted by atomic mass is 35.5. The normalized spacial score (nSPS) is 10.8. The quantitative estimate of drug-likeness (QED) is 0.641. The molecule has 2 aromatic rings. The van der Waals surface area contributed by atoms with Gasteiger partial charge in [0.1, 0.15) is 17.2 Å². The zero-order valence-electron chi connectivity index (χ0n) is 11.9. The summed E-state index contributed by atoms with van der Waals surface area (Å²) < 4.78 is 4.96. The first-order valence-corrected chi connectivity index (χ1v) is 7.43. The molecule has 0 bridgehead atoms. The molecule has 2 aromatic heterocycles. The first-order chi connectivity index (χ1) is 9.43. The largest absolute Gasteiger partial charge is 0.465 e. The van der Waals surface area contributed by atoms with Gasteiger partial charge in [-0.3, -0.25) is 4.79 Å². The fourth-order valence-corrected chi connectivity index (χ4v) is 3.19. The Morgan fingerprint density at radius 3 is 2.75 bits per heavy atom. The predicted molar refractivity (Wildman–Crippen MR) is 81.8 cm³/mol. The Balaban J connectivity index is 2.44. The number of rotatable bonds is 4. The fraction of sp³-hybridized carbons (Fsp3) is 0.462. The summed E-state index contributed by atoms with van der Waals surface area (Å²) in [6.45, 7) is 6.33. The lowest BCUT2D eigenvalue weighted by atomic mass is 10.2. The lowest BCUT2D eigenvalue weighted by molar-refractivity contribution is -0.141. The standard InChI is InChI=1S/C13H16ClN3O2S/c1-5-19-9(18)6-17(4)11-10-7(2)8(3)20-12(10)16-13(14)15-11/h5-6H2,1-4H3. The minimum Gasteiger partial charge on any atom is -0.465 e. The Kier molecular flexibility index (Phi) is 4.45. The summed E-state index contributed by atoms with van der Waals surface area (Å²) in [4.78, 5) is 23.9. The van der Waals surface area contributed by atoms with Crippen molar-refractivity contribution in [1.82, 2.24) is 9.97 Å². The van der Waals surface area contributed by atoms with E-state index >= 15 is 0 Å². The van der Waals surface area contributed by atoms with Crippen molar-refractivity contribution in [2.75, 3.05) is 25.1 Å². The monoisotopic (exact) mass is 313 g/mol. The molecule has 0 aliphatic rings. The second kappa shape index (κ2) is 5.93. The molecule has 108 valence electrons. The van der Waals surface area contributed by atoms with Crippen LogP contribution in [-0.2, 0) is 9.53 Å². The molecular weight excluding hydrogens is 298 g/mol. The van der Waals surface area contributed by atoms with Crippen LogP contribution >= 0.6 is 22.9 Å². The van der Waals surface area contributed by atoms with Crippen molar-refractivity contribution < 1.29 is 9.53 Å². The van der Waals surface area contributed by atoms with Crippen LogP contribution in [0.15, 0.2) is 0 Å². The summed E-state index contributed by atoms with van der Waals surface area (Å²) in [6.07, 6.45) is 0. The molecule has 2 rings (SSSR count). The van der Waals surface area contributed by atoms with Crippen molar-refractivity contribution in [2.24, 2.45) is 0 Å². The van der Waals surface area contributed by atoms with Gasteiger partial charge >= 0.3 is 5.97 Å². The Morgan fingerprint density at radius 1 is 1.40 bits per heavy atom. The molecule has 0 saturated heterocycles. The van der Waals surface area contributed by atoms with Crippen molar-refractivity contribution in [3.05, 3.63) is 15.7 Å². The number of halogens is 1. The highest BCUT2D eigenvalue weighted by Gasteiger charge is 2.18. The third-order valence-electron chi connectivity index (χ3n) is 3.02. The predicted octanol–water partition coefficient (Wildman–Crippen LogP) is 2.96. The highest BCUT2D eigenvalue weighted by molar-refractivity contribution is 7.18. The second-order valence-electron chi connectivity index (χ2n) is 4.44. The van der Waals surface area contributed by atoms with Crippen molar-refractivity contribution in [2.45, 2.75) is 20.8 Å². The molecule has 0 spiro atoms. The molecule has 0 fully saturated rings. The molecule has 0 aliphatic carbocycles. The summed E-state index contributed by atoms with van der Waals surface area (Å²) in [5.74, 6) is 0.373. The molecule has 0 unspecified atom stereocenters. The number of carbonyl (C=O) groups is 1. The summed E-state index contributed by atoms with van der Waals surface area (Å²) in [5, 5.41) is 1.13. The van der Waals surface area contributed by atoms with Gasteiger partial charge in [-0.05, 0) is 37.9 Å². The van der Waals surface area contributed by atoms with Gasteiger partial charge in [0.25, 0.3) is 0 Å². The summed E-state index contributed by atoms with van der Waals surface area (Å²) >= 11 is 7.54. The molecule has 0 radical (unpaired) electrons. The molecular formula is C13H16ClN3O2S. The maximum atomic E-state index is 11.6.